The molecule has 132 valence electrons. The minimum absolute atomic E-state index is 0.315. The summed E-state index contributed by atoms with van der Waals surface area (Å²) in [6.07, 6.45) is -0.364. The second-order valence-electron chi connectivity index (χ2n) is 5.56. The number of benzene rings is 2. The first-order valence-corrected chi connectivity index (χ1v) is 8.69. The van der Waals surface area contributed by atoms with Crippen LogP contribution in [-0.4, -0.2) is 18.0 Å². The van der Waals surface area contributed by atoms with Gasteiger partial charge >= 0.3 is 5.97 Å². The van der Waals surface area contributed by atoms with Crippen molar-refractivity contribution in [3.63, 3.8) is 0 Å². The Labute approximate surface area is 157 Å². The summed E-state index contributed by atoms with van der Waals surface area (Å²) in [4.78, 5) is 24.7. The fourth-order valence-corrected chi connectivity index (χ4v) is 2.81. The van der Waals surface area contributed by atoms with Crippen molar-refractivity contribution in [3.8, 4) is 0 Å². The Morgan fingerprint density at radius 2 is 1.80 bits per heavy atom. The van der Waals surface area contributed by atoms with Gasteiger partial charge in [-0.15, -0.1) is 0 Å². The average Bonchev–Trinajstić information content (AvgIpc) is 2.58. The molecule has 0 saturated heterocycles. The molecule has 0 aromatic heterocycles. The van der Waals surface area contributed by atoms with Crippen LogP contribution in [0.1, 0.15) is 31.7 Å². The van der Waals surface area contributed by atoms with Gasteiger partial charge in [0.05, 0.1) is 16.6 Å². The molecule has 0 fully saturated rings. The molecule has 2 aromatic rings. The Hall–Kier alpha value is -2.04. The Morgan fingerprint density at radius 1 is 1.12 bits per heavy atom. The lowest BCUT2D eigenvalue weighted by molar-refractivity contribution is -0.154. The molecule has 0 aliphatic rings. The highest BCUT2D eigenvalue weighted by molar-refractivity contribution is 6.36. The summed E-state index contributed by atoms with van der Waals surface area (Å²) in [5.41, 5.74) is 1.28. The first-order valence-electron chi connectivity index (χ1n) is 7.93. The Morgan fingerprint density at radius 3 is 2.40 bits per heavy atom. The largest absolute Gasteiger partial charge is 0.452 e. The lowest BCUT2D eigenvalue weighted by atomic mass is 9.97. The van der Waals surface area contributed by atoms with Crippen molar-refractivity contribution < 1.29 is 14.3 Å². The van der Waals surface area contributed by atoms with Gasteiger partial charge < -0.3 is 10.1 Å². The maximum atomic E-state index is 12.4. The summed E-state index contributed by atoms with van der Waals surface area (Å²) < 4.78 is 5.34. The van der Waals surface area contributed by atoms with Gasteiger partial charge in [-0.25, -0.2) is 0 Å². The van der Waals surface area contributed by atoms with Crippen LogP contribution in [0, 0.1) is 0 Å². The van der Waals surface area contributed by atoms with Crippen molar-refractivity contribution in [2.75, 3.05) is 5.32 Å². The van der Waals surface area contributed by atoms with Gasteiger partial charge in [-0.1, -0.05) is 60.5 Å². The lowest BCUT2D eigenvalue weighted by Gasteiger charge is -2.19. The van der Waals surface area contributed by atoms with Gasteiger partial charge in [0.25, 0.3) is 5.91 Å². The highest BCUT2D eigenvalue weighted by Gasteiger charge is 2.25. The molecule has 0 bridgehead atoms. The molecule has 0 spiro atoms. The third kappa shape index (κ3) is 5.21. The summed E-state index contributed by atoms with van der Waals surface area (Å²) in [5.74, 6) is -1.30. The fraction of sp³-hybridized carbons (Fsp3) is 0.263. The van der Waals surface area contributed by atoms with Gasteiger partial charge in [0.2, 0.25) is 0 Å². The SMILES string of the molecule is CC[C@@H](C(=O)O[C@H](C)C(=O)Nc1ccc(Cl)cc1Cl)c1ccccc1. The Bertz CT molecular complexity index is 750. The normalized spacial score (nSPS) is 13.0. The van der Waals surface area contributed by atoms with Crippen LogP contribution < -0.4 is 5.32 Å². The molecule has 0 aliphatic heterocycles. The van der Waals surface area contributed by atoms with Gasteiger partial charge in [0.1, 0.15) is 0 Å². The summed E-state index contributed by atoms with van der Waals surface area (Å²) in [5, 5.41) is 3.42. The highest BCUT2D eigenvalue weighted by Crippen LogP contribution is 2.26. The van der Waals surface area contributed by atoms with E-state index in [2.05, 4.69) is 5.32 Å². The maximum absolute atomic E-state index is 12.4. The summed E-state index contributed by atoms with van der Waals surface area (Å²) >= 11 is 11.9. The van der Waals surface area contributed by atoms with Gasteiger partial charge in [-0.05, 0) is 37.1 Å². The molecule has 0 aliphatic carbocycles. The minimum atomic E-state index is -0.947. The molecule has 0 heterocycles. The molecule has 0 radical (unpaired) electrons. The van der Waals surface area contributed by atoms with Crippen LogP contribution in [-0.2, 0) is 14.3 Å². The van der Waals surface area contributed by atoms with E-state index in [1.54, 1.807) is 12.1 Å². The number of carbonyl (C=O) groups excluding carboxylic acids is 2. The molecule has 2 aromatic carbocycles. The number of anilines is 1. The quantitative estimate of drug-likeness (QED) is 0.713. The van der Waals surface area contributed by atoms with Gasteiger partial charge in [0.15, 0.2) is 6.10 Å². The molecule has 25 heavy (non-hydrogen) atoms. The van der Waals surface area contributed by atoms with Crippen LogP contribution >= 0.6 is 23.2 Å². The summed E-state index contributed by atoms with van der Waals surface area (Å²) in [6.45, 7) is 3.42. The smallest absolute Gasteiger partial charge is 0.314 e. The van der Waals surface area contributed by atoms with E-state index in [9.17, 15) is 9.59 Å². The molecule has 1 amide bonds. The maximum Gasteiger partial charge on any atom is 0.314 e. The van der Waals surface area contributed by atoms with Crippen LogP contribution in [0.15, 0.2) is 48.5 Å². The predicted molar refractivity (Wildman–Crippen MR) is 100 cm³/mol. The zero-order valence-corrected chi connectivity index (χ0v) is 15.5. The number of hydrogen-bond acceptors (Lipinski definition) is 3. The first kappa shape index (κ1) is 19.3. The summed E-state index contributed by atoms with van der Waals surface area (Å²) in [7, 11) is 0. The van der Waals surface area contributed by atoms with Crippen LogP contribution in [0.4, 0.5) is 5.69 Å². The molecule has 2 rings (SSSR count). The Balaban J connectivity index is 2.01. The number of halogens is 2. The van der Waals surface area contributed by atoms with Crippen LogP contribution in [0.25, 0.3) is 0 Å². The van der Waals surface area contributed by atoms with E-state index in [1.807, 2.05) is 37.3 Å². The zero-order chi connectivity index (χ0) is 18.4. The predicted octanol–water partition coefficient (Wildman–Crippen LogP) is 5.06. The van der Waals surface area contributed by atoms with E-state index in [4.69, 9.17) is 27.9 Å². The second kappa shape index (κ2) is 8.88. The van der Waals surface area contributed by atoms with E-state index in [-0.39, 0.29) is 0 Å². The van der Waals surface area contributed by atoms with E-state index >= 15 is 0 Å². The summed E-state index contributed by atoms with van der Waals surface area (Å²) in [6, 6.07) is 14.1. The third-order valence-electron chi connectivity index (χ3n) is 3.75. The van der Waals surface area contributed by atoms with Crippen LogP contribution in [0.3, 0.4) is 0 Å². The number of carbonyl (C=O) groups is 2. The molecular formula is C19H19Cl2NO3. The number of esters is 1. The van der Waals surface area contributed by atoms with Crippen molar-refractivity contribution in [3.05, 3.63) is 64.1 Å². The topological polar surface area (TPSA) is 55.4 Å². The van der Waals surface area contributed by atoms with Gasteiger partial charge in [-0.3, -0.25) is 9.59 Å². The monoisotopic (exact) mass is 379 g/mol. The Kier molecular flexibility index (Phi) is 6.85. The van der Waals surface area contributed by atoms with Gasteiger partial charge in [0, 0.05) is 5.02 Å². The molecule has 1 N–H and O–H groups in total. The van der Waals surface area contributed by atoms with Crippen molar-refractivity contribution in [1.82, 2.24) is 0 Å². The second-order valence-corrected chi connectivity index (χ2v) is 6.41. The minimum Gasteiger partial charge on any atom is -0.452 e. The standard InChI is InChI=1S/C19H19Cl2NO3/c1-3-15(13-7-5-4-6-8-13)19(24)25-12(2)18(23)22-17-10-9-14(20)11-16(17)21/h4-12,15H,3H2,1-2H3,(H,22,23)/t12-,15-/m1/s1. The van der Waals surface area contributed by atoms with Crippen LogP contribution in [0.5, 0.6) is 0 Å². The highest BCUT2D eigenvalue weighted by atomic mass is 35.5. The van der Waals surface area contributed by atoms with Crippen molar-refractivity contribution in [2.45, 2.75) is 32.3 Å². The van der Waals surface area contributed by atoms with Gasteiger partial charge in [-0.2, -0.15) is 0 Å². The zero-order valence-electron chi connectivity index (χ0n) is 14.0. The average molecular weight is 380 g/mol. The van der Waals surface area contributed by atoms with Crippen molar-refractivity contribution >= 4 is 40.8 Å². The molecule has 2 atom stereocenters. The molecule has 4 nitrogen and oxygen atoms in total. The first-order chi connectivity index (χ1) is 11.9. The van der Waals surface area contributed by atoms with Crippen molar-refractivity contribution in [2.24, 2.45) is 0 Å². The molecule has 6 heteroatoms. The number of ether oxygens (including phenoxy) is 1. The fourth-order valence-electron chi connectivity index (χ4n) is 2.36. The molecular weight excluding hydrogens is 361 g/mol. The number of rotatable bonds is 6. The van der Waals surface area contributed by atoms with E-state index in [0.717, 1.165) is 5.56 Å². The van der Waals surface area contributed by atoms with E-state index < -0.39 is 23.9 Å². The lowest BCUT2D eigenvalue weighted by Crippen LogP contribution is -2.31. The number of hydrogen-bond donors (Lipinski definition) is 1. The number of nitrogens with one attached hydrogen (secondary N) is 1. The van der Waals surface area contributed by atoms with E-state index in [1.165, 1.54) is 13.0 Å². The van der Waals surface area contributed by atoms with Crippen LogP contribution in [0.2, 0.25) is 10.0 Å². The molecule has 0 unspecified atom stereocenters. The third-order valence-corrected chi connectivity index (χ3v) is 4.29. The van der Waals surface area contributed by atoms with Crippen molar-refractivity contribution in [1.29, 1.82) is 0 Å². The molecule has 0 saturated carbocycles. The van der Waals surface area contributed by atoms with E-state index in [0.29, 0.717) is 22.2 Å². The number of amides is 1.